The summed E-state index contributed by atoms with van der Waals surface area (Å²) >= 11 is 13.5. The van der Waals surface area contributed by atoms with E-state index in [0.29, 0.717) is 28.7 Å². The van der Waals surface area contributed by atoms with Gasteiger partial charge in [-0.1, -0.05) is 29.3 Å². The van der Waals surface area contributed by atoms with Crippen LogP contribution in [0.3, 0.4) is 0 Å². The highest BCUT2D eigenvalue weighted by molar-refractivity contribution is 7.09. The third-order valence-corrected chi connectivity index (χ3v) is 4.00. The van der Waals surface area contributed by atoms with Crippen LogP contribution < -0.4 is 0 Å². The first kappa shape index (κ1) is 14.4. The number of hydrogen-bond acceptors (Lipinski definition) is 2. The van der Waals surface area contributed by atoms with Gasteiger partial charge in [-0.05, 0) is 36.6 Å². The van der Waals surface area contributed by atoms with Gasteiger partial charge < -0.3 is 4.90 Å². The number of benzene rings is 1. The van der Waals surface area contributed by atoms with Crippen molar-refractivity contribution in [3.8, 4) is 0 Å². The molecule has 1 amide bonds. The van der Waals surface area contributed by atoms with Gasteiger partial charge in [-0.25, -0.2) is 0 Å². The Morgan fingerprint density at radius 3 is 2.47 bits per heavy atom. The van der Waals surface area contributed by atoms with Gasteiger partial charge in [0.15, 0.2) is 0 Å². The maximum absolute atomic E-state index is 12.4. The minimum absolute atomic E-state index is 0.0553. The molecule has 5 heteroatoms. The van der Waals surface area contributed by atoms with Crippen molar-refractivity contribution in [3.63, 3.8) is 0 Å². The first-order chi connectivity index (χ1) is 9.10. The number of halogens is 2. The van der Waals surface area contributed by atoms with E-state index >= 15 is 0 Å². The first-order valence-corrected chi connectivity index (χ1v) is 7.51. The predicted octanol–water partition coefficient (Wildman–Crippen LogP) is 4.72. The number of amides is 1. The van der Waals surface area contributed by atoms with Gasteiger partial charge >= 0.3 is 0 Å². The lowest BCUT2D eigenvalue weighted by atomic mass is 10.2. The second kappa shape index (κ2) is 6.42. The van der Waals surface area contributed by atoms with E-state index in [1.807, 2.05) is 24.4 Å². The number of carbonyl (C=O) groups excluding carboxylic acids is 1. The second-order valence-electron chi connectivity index (χ2n) is 4.06. The molecule has 0 radical (unpaired) electrons. The zero-order valence-electron chi connectivity index (χ0n) is 10.4. The molecule has 0 fully saturated rings. The van der Waals surface area contributed by atoms with Crippen molar-refractivity contribution >= 4 is 40.4 Å². The molecule has 0 saturated heterocycles. The molecule has 19 heavy (non-hydrogen) atoms. The van der Waals surface area contributed by atoms with Crippen LogP contribution in [-0.4, -0.2) is 17.4 Å². The first-order valence-electron chi connectivity index (χ1n) is 5.88. The molecule has 0 aliphatic rings. The smallest absolute Gasteiger partial charge is 0.254 e. The van der Waals surface area contributed by atoms with E-state index in [0.717, 1.165) is 4.88 Å². The van der Waals surface area contributed by atoms with Gasteiger partial charge in [-0.3, -0.25) is 4.79 Å². The van der Waals surface area contributed by atoms with E-state index in [-0.39, 0.29) is 5.91 Å². The van der Waals surface area contributed by atoms with Gasteiger partial charge in [0.2, 0.25) is 0 Å². The van der Waals surface area contributed by atoms with Crippen molar-refractivity contribution in [3.05, 3.63) is 56.2 Å². The SMILES string of the molecule is CCN(Cc1cccs1)C(=O)c1cc(Cl)cc(Cl)c1. The molecule has 0 bridgehead atoms. The van der Waals surface area contributed by atoms with E-state index in [4.69, 9.17) is 23.2 Å². The monoisotopic (exact) mass is 313 g/mol. The average molecular weight is 314 g/mol. The number of hydrogen-bond donors (Lipinski definition) is 0. The van der Waals surface area contributed by atoms with E-state index in [1.54, 1.807) is 34.4 Å². The maximum Gasteiger partial charge on any atom is 0.254 e. The maximum atomic E-state index is 12.4. The summed E-state index contributed by atoms with van der Waals surface area (Å²) in [6.45, 7) is 3.20. The summed E-state index contributed by atoms with van der Waals surface area (Å²) in [7, 11) is 0. The number of thiophene rings is 1. The normalized spacial score (nSPS) is 10.5. The Kier molecular flexibility index (Phi) is 4.86. The largest absolute Gasteiger partial charge is 0.334 e. The Hall–Kier alpha value is -1.03. The zero-order valence-corrected chi connectivity index (χ0v) is 12.7. The minimum atomic E-state index is -0.0553. The molecule has 100 valence electrons. The predicted molar refractivity (Wildman–Crippen MR) is 81.2 cm³/mol. The topological polar surface area (TPSA) is 20.3 Å². The molecule has 0 unspecified atom stereocenters. The summed E-state index contributed by atoms with van der Waals surface area (Å²) in [5, 5.41) is 2.95. The van der Waals surface area contributed by atoms with Crippen molar-refractivity contribution in [2.75, 3.05) is 6.54 Å². The molecule has 2 rings (SSSR count). The summed E-state index contributed by atoms with van der Waals surface area (Å²) in [6, 6.07) is 8.91. The van der Waals surface area contributed by atoms with Crippen LogP contribution in [0.1, 0.15) is 22.2 Å². The summed E-state index contributed by atoms with van der Waals surface area (Å²) in [4.78, 5) is 15.3. The summed E-state index contributed by atoms with van der Waals surface area (Å²) in [5.41, 5.74) is 0.524. The van der Waals surface area contributed by atoms with Gasteiger partial charge in [-0.2, -0.15) is 0 Å². The molecule has 0 saturated carbocycles. The van der Waals surface area contributed by atoms with Crippen LogP contribution in [-0.2, 0) is 6.54 Å². The van der Waals surface area contributed by atoms with Crippen LogP contribution in [0.25, 0.3) is 0 Å². The summed E-state index contributed by atoms with van der Waals surface area (Å²) in [5.74, 6) is -0.0553. The fourth-order valence-electron chi connectivity index (χ4n) is 1.78. The molecule has 0 spiro atoms. The van der Waals surface area contributed by atoms with Crippen molar-refractivity contribution in [2.45, 2.75) is 13.5 Å². The highest BCUT2D eigenvalue weighted by Gasteiger charge is 2.16. The van der Waals surface area contributed by atoms with Crippen LogP contribution in [0.2, 0.25) is 10.0 Å². The van der Waals surface area contributed by atoms with Gasteiger partial charge in [0.1, 0.15) is 0 Å². The number of nitrogens with zero attached hydrogens (tertiary/aromatic N) is 1. The second-order valence-corrected chi connectivity index (χ2v) is 5.96. The number of rotatable bonds is 4. The van der Waals surface area contributed by atoms with Gasteiger partial charge in [0.05, 0.1) is 6.54 Å². The molecule has 1 heterocycles. The summed E-state index contributed by atoms with van der Waals surface area (Å²) < 4.78 is 0. The molecule has 2 aromatic rings. The molecule has 0 aliphatic carbocycles. The van der Waals surface area contributed by atoms with E-state index in [9.17, 15) is 4.79 Å². The molecular formula is C14H13Cl2NOS. The zero-order chi connectivity index (χ0) is 13.8. The van der Waals surface area contributed by atoms with Crippen molar-refractivity contribution in [1.82, 2.24) is 4.90 Å². The lowest BCUT2D eigenvalue weighted by Gasteiger charge is -2.20. The quantitative estimate of drug-likeness (QED) is 0.800. The van der Waals surface area contributed by atoms with Crippen LogP contribution in [0.15, 0.2) is 35.7 Å². The Morgan fingerprint density at radius 2 is 1.95 bits per heavy atom. The lowest BCUT2D eigenvalue weighted by molar-refractivity contribution is 0.0754. The fraction of sp³-hybridized carbons (Fsp3) is 0.214. The standard InChI is InChI=1S/C14H13Cl2NOS/c1-2-17(9-13-4-3-5-19-13)14(18)10-6-11(15)8-12(16)7-10/h3-8H,2,9H2,1H3. The highest BCUT2D eigenvalue weighted by atomic mass is 35.5. The molecular weight excluding hydrogens is 301 g/mol. The Morgan fingerprint density at radius 1 is 1.26 bits per heavy atom. The van der Waals surface area contributed by atoms with E-state index < -0.39 is 0 Å². The summed E-state index contributed by atoms with van der Waals surface area (Å²) in [6.07, 6.45) is 0. The number of carbonyl (C=O) groups is 1. The third-order valence-electron chi connectivity index (χ3n) is 2.71. The van der Waals surface area contributed by atoms with Crippen LogP contribution in [0.4, 0.5) is 0 Å². The Bertz CT molecular complexity index is 549. The van der Waals surface area contributed by atoms with E-state index in [1.165, 1.54) is 0 Å². The lowest BCUT2D eigenvalue weighted by Crippen LogP contribution is -2.29. The molecule has 2 nitrogen and oxygen atoms in total. The highest BCUT2D eigenvalue weighted by Crippen LogP contribution is 2.21. The molecule has 0 N–H and O–H groups in total. The van der Waals surface area contributed by atoms with Crippen molar-refractivity contribution < 1.29 is 4.79 Å². The van der Waals surface area contributed by atoms with Crippen molar-refractivity contribution in [2.24, 2.45) is 0 Å². The van der Waals surface area contributed by atoms with Gasteiger partial charge in [-0.15, -0.1) is 11.3 Å². The van der Waals surface area contributed by atoms with Crippen LogP contribution in [0.5, 0.6) is 0 Å². The molecule has 1 aromatic carbocycles. The van der Waals surface area contributed by atoms with Crippen molar-refractivity contribution in [1.29, 1.82) is 0 Å². The molecule has 0 atom stereocenters. The van der Waals surface area contributed by atoms with Gasteiger partial charge in [0.25, 0.3) is 5.91 Å². The Labute approximate surface area is 126 Å². The van der Waals surface area contributed by atoms with Crippen LogP contribution >= 0.6 is 34.5 Å². The fourth-order valence-corrected chi connectivity index (χ4v) is 3.02. The van der Waals surface area contributed by atoms with E-state index in [2.05, 4.69) is 0 Å². The Balaban J connectivity index is 2.20. The minimum Gasteiger partial charge on any atom is -0.334 e. The molecule has 1 aromatic heterocycles. The third kappa shape index (κ3) is 3.72. The van der Waals surface area contributed by atoms with Gasteiger partial charge in [0, 0.05) is 27.0 Å². The molecule has 0 aliphatic heterocycles. The van der Waals surface area contributed by atoms with Crippen LogP contribution in [0, 0.1) is 0 Å². The average Bonchev–Trinajstić information content (AvgIpc) is 2.86.